The monoisotopic (exact) mass is 310 g/mol. The van der Waals surface area contributed by atoms with Crippen molar-refractivity contribution >= 4 is 53.4 Å². The van der Waals surface area contributed by atoms with Gasteiger partial charge < -0.3 is 49.8 Å². The van der Waals surface area contributed by atoms with Crippen LogP contribution in [0.5, 0.6) is 0 Å². The quantitative estimate of drug-likeness (QED) is 0.283. The molecule has 0 aliphatic rings. The fourth-order valence-corrected chi connectivity index (χ4v) is 1.25. The van der Waals surface area contributed by atoms with Gasteiger partial charge in [0.25, 0.3) is 0 Å². The summed E-state index contributed by atoms with van der Waals surface area (Å²) >= 11 is 0. The van der Waals surface area contributed by atoms with E-state index in [0.29, 0.717) is 0 Å². The van der Waals surface area contributed by atoms with Gasteiger partial charge >= 0.3 is 53.4 Å². The van der Waals surface area contributed by atoms with Gasteiger partial charge in [-0.15, -0.1) is 0 Å². The summed E-state index contributed by atoms with van der Waals surface area (Å²) < 4.78 is 22.2. The van der Waals surface area contributed by atoms with Gasteiger partial charge in [-0.3, -0.25) is 0 Å². The van der Waals surface area contributed by atoms with Gasteiger partial charge in [0.1, 0.15) is 0 Å². The standard InChI is InChI=1S/Ca.H4O7P2.5H2O.2H/c;1-8(2,3)7-9(4,5)6;;;;;;;/h;(H2,1,2,3)(H2,4,5,6);5*1H2;;/q+2;;;;;;;2*-1. The fraction of sp³-hybridized carbons (Fsp3) is 0. The Hall–Kier alpha value is 1.32. The number of rotatable bonds is 2. The van der Waals surface area contributed by atoms with Crippen LogP contribution in [0.25, 0.3) is 0 Å². The molecule has 0 aromatic carbocycles. The zero-order chi connectivity index (χ0) is 7.71. The van der Waals surface area contributed by atoms with Crippen LogP contribution in [0, 0.1) is 0 Å². The fourth-order valence-electron chi connectivity index (χ4n) is 0.139. The molecule has 0 rings (SSSR count). The summed E-state index contributed by atoms with van der Waals surface area (Å²) in [6.45, 7) is 0. The Labute approximate surface area is 116 Å². The smallest absolute Gasteiger partial charge is 1.00 e. The van der Waals surface area contributed by atoms with Crippen LogP contribution in [0.3, 0.4) is 0 Å². The van der Waals surface area contributed by atoms with Crippen molar-refractivity contribution in [3.8, 4) is 0 Å². The zero-order valence-corrected chi connectivity index (χ0v) is 11.1. The molecule has 0 bridgehead atoms. The maximum absolute atomic E-state index is 9.63. The van der Waals surface area contributed by atoms with E-state index in [2.05, 4.69) is 4.31 Å². The topological polar surface area (TPSA) is 282 Å². The van der Waals surface area contributed by atoms with Crippen LogP contribution in [0.1, 0.15) is 2.85 Å². The first-order chi connectivity index (χ1) is 3.71. The van der Waals surface area contributed by atoms with Crippen LogP contribution in [0.4, 0.5) is 0 Å². The minimum absolute atomic E-state index is 0. The molecule has 12 nitrogen and oxygen atoms in total. The summed E-state index contributed by atoms with van der Waals surface area (Å²) in [5, 5.41) is 0. The van der Waals surface area contributed by atoms with E-state index in [1.807, 2.05) is 0 Å². The van der Waals surface area contributed by atoms with Gasteiger partial charge in [0, 0.05) is 0 Å². The molecule has 0 aliphatic carbocycles. The minimum atomic E-state index is -5.05. The number of hydrogen-bond donors (Lipinski definition) is 4. The second-order valence-electron chi connectivity index (χ2n) is 1.06. The van der Waals surface area contributed by atoms with Gasteiger partial charge in [-0.25, -0.2) is 9.13 Å². The van der Waals surface area contributed by atoms with Crippen LogP contribution in [0.2, 0.25) is 0 Å². The second kappa shape index (κ2) is 15.3. The zero-order valence-electron chi connectivity index (χ0n) is 9.12. The third-order valence-electron chi connectivity index (χ3n) is 0.213. The summed E-state index contributed by atoms with van der Waals surface area (Å²) in [7, 11) is -10.1. The molecule has 0 aromatic heterocycles. The normalized spacial score (nSPS) is 8.27. The van der Waals surface area contributed by atoms with Crippen molar-refractivity contribution in [3.05, 3.63) is 0 Å². The molecule has 0 aromatic rings. The average molecular weight is 310 g/mol. The van der Waals surface area contributed by atoms with Gasteiger partial charge in [-0.2, -0.15) is 4.31 Å². The van der Waals surface area contributed by atoms with E-state index in [0.717, 1.165) is 0 Å². The van der Waals surface area contributed by atoms with Crippen molar-refractivity contribution in [2.75, 3.05) is 0 Å². The largest absolute Gasteiger partial charge is 2.00 e. The minimum Gasteiger partial charge on any atom is -1.00 e. The van der Waals surface area contributed by atoms with Gasteiger partial charge in [0.15, 0.2) is 0 Å². The van der Waals surface area contributed by atoms with Crippen molar-refractivity contribution in [3.63, 3.8) is 0 Å². The van der Waals surface area contributed by atoms with Crippen LogP contribution in [0.15, 0.2) is 0 Å². The maximum Gasteiger partial charge on any atom is 2.00 e. The predicted octanol–water partition coefficient (Wildman–Crippen LogP) is -5.09. The summed E-state index contributed by atoms with van der Waals surface area (Å²) in [4.78, 5) is 31.0. The molecule has 0 amide bonds. The van der Waals surface area contributed by atoms with Crippen molar-refractivity contribution in [1.82, 2.24) is 0 Å². The summed E-state index contributed by atoms with van der Waals surface area (Å²) in [5.41, 5.74) is 0. The van der Waals surface area contributed by atoms with E-state index in [9.17, 15) is 9.13 Å². The molecule has 0 radical (unpaired) electrons. The van der Waals surface area contributed by atoms with Crippen LogP contribution in [-0.4, -0.2) is 84.7 Å². The van der Waals surface area contributed by atoms with Crippen molar-refractivity contribution < 1.29 is 63.2 Å². The first kappa shape index (κ1) is 44.1. The molecule has 0 saturated carbocycles. The van der Waals surface area contributed by atoms with Gasteiger partial charge in [-0.1, -0.05) is 0 Å². The third-order valence-corrected chi connectivity index (χ3v) is 1.91. The molecule has 0 spiro atoms. The van der Waals surface area contributed by atoms with E-state index in [-0.39, 0.29) is 68.0 Å². The Morgan fingerprint density at radius 3 is 0.867 bits per heavy atom. The molecular formula is H16CaO12P2. The molecular weight excluding hydrogens is 294 g/mol. The third kappa shape index (κ3) is 50.7. The van der Waals surface area contributed by atoms with Gasteiger partial charge in [-0.05, 0) is 0 Å². The number of hydrogen-bond acceptors (Lipinski definition) is 3. The molecule has 0 saturated heterocycles. The summed E-state index contributed by atoms with van der Waals surface area (Å²) in [6, 6.07) is 0. The molecule has 0 atom stereocenters. The number of phosphoric acid groups is 2. The van der Waals surface area contributed by atoms with Crippen molar-refractivity contribution in [2.45, 2.75) is 0 Å². The first-order valence-corrected chi connectivity index (χ1v) is 4.59. The molecule has 0 fully saturated rings. The van der Waals surface area contributed by atoms with Crippen LogP contribution >= 0.6 is 15.6 Å². The Bertz CT molecular complexity index is 163. The Balaban J connectivity index is -0.0000000114. The molecule has 100 valence electrons. The summed E-state index contributed by atoms with van der Waals surface area (Å²) in [6.07, 6.45) is 0. The van der Waals surface area contributed by atoms with E-state index < -0.39 is 15.6 Å². The Morgan fingerprint density at radius 1 is 0.733 bits per heavy atom. The van der Waals surface area contributed by atoms with E-state index in [1.165, 1.54) is 0 Å². The molecule has 0 unspecified atom stereocenters. The molecule has 0 heterocycles. The Morgan fingerprint density at radius 2 is 0.867 bits per heavy atom. The average Bonchev–Trinajstić information content (AvgIpc) is 1.14. The predicted molar refractivity (Wildman–Crippen MR) is 51.2 cm³/mol. The molecule has 15 heavy (non-hydrogen) atoms. The summed E-state index contributed by atoms with van der Waals surface area (Å²) in [5.74, 6) is 0. The van der Waals surface area contributed by atoms with Crippen molar-refractivity contribution in [2.24, 2.45) is 0 Å². The van der Waals surface area contributed by atoms with Crippen molar-refractivity contribution in [1.29, 1.82) is 0 Å². The molecule has 15 heteroatoms. The molecule has 0 aliphatic heterocycles. The van der Waals surface area contributed by atoms with E-state index in [4.69, 9.17) is 19.6 Å². The van der Waals surface area contributed by atoms with Crippen LogP contribution < -0.4 is 0 Å². The van der Waals surface area contributed by atoms with E-state index in [1.54, 1.807) is 0 Å². The maximum atomic E-state index is 9.63. The van der Waals surface area contributed by atoms with Gasteiger partial charge in [0.2, 0.25) is 0 Å². The van der Waals surface area contributed by atoms with Crippen LogP contribution in [-0.2, 0) is 13.4 Å². The van der Waals surface area contributed by atoms with Gasteiger partial charge in [0.05, 0.1) is 0 Å². The molecule has 14 N–H and O–H groups in total. The SMILES string of the molecule is O.O.O.O.O.O=P(O)(O)OP(=O)(O)O.[Ca+2].[H-].[H-]. The first-order valence-electron chi connectivity index (χ1n) is 1.53. The Kier molecular flexibility index (Phi) is 45.0. The second-order valence-corrected chi connectivity index (χ2v) is 3.68. The van der Waals surface area contributed by atoms with E-state index >= 15 is 0 Å².